The van der Waals surface area contributed by atoms with E-state index in [1.807, 2.05) is 0 Å². The normalized spacial score (nSPS) is 23.0. The number of fused-ring (bicyclic) bond motifs is 3. The topological polar surface area (TPSA) is 39.3 Å². The maximum Gasteiger partial charge on any atom is 0.224 e. The minimum Gasteiger partial charge on any atom is -0.356 e. The Hall–Kier alpha value is -1.40. The number of hydrogen-bond donors (Lipinski definition) is 1. The van der Waals surface area contributed by atoms with Gasteiger partial charge in [0, 0.05) is 53.7 Å². The van der Waals surface area contributed by atoms with Gasteiger partial charge in [-0.25, -0.2) is 4.39 Å². The average Bonchev–Trinajstić information content (AvgIpc) is 3.23. The number of aromatic amines is 1. The highest BCUT2D eigenvalue weighted by atomic mass is 79.9. The Morgan fingerprint density at radius 2 is 2.18 bits per heavy atom. The fraction of sp³-hybridized carbons (Fsp3) is 0.591. The molecule has 28 heavy (non-hydrogen) atoms. The minimum absolute atomic E-state index is 0.0925. The highest BCUT2D eigenvalue weighted by molar-refractivity contribution is 9.10. The predicted molar refractivity (Wildman–Crippen MR) is 114 cm³/mol. The van der Waals surface area contributed by atoms with E-state index in [0.29, 0.717) is 31.8 Å². The van der Waals surface area contributed by atoms with Gasteiger partial charge in [0.15, 0.2) is 0 Å². The first-order valence-corrected chi connectivity index (χ1v) is 11.2. The van der Waals surface area contributed by atoms with Crippen LogP contribution in [0.25, 0.3) is 10.9 Å². The summed E-state index contributed by atoms with van der Waals surface area (Å²) in [5.74, 6) is 0.689. The molecule has 1 saturated heterocycles. The number of nitrogens with one attached hydrogen (secondary N) is 1. The summed E-state index contributed by atoms with van der Waals surface area (Å²) < 4.78 is 14.5. The summed E-state index contributed by atoms with van der Waals surface area (Å²) in [4.78, 5) is 20.8. The molecule has 0 aliphatic carbocycles. The molecule has 0 unspecified atom stereocenters. The molecule has 1 fully saturated rings. The molecule has 3 heterocycles. The Labute approximate surface area is 174 Å². The molecule has 0 saturated carbocycles. The molecule has 152 valence electrons. The molecule has 0 spiro atoms. The highest BCUT2D eigenvalue weighted by Crippen LogP contribution is 2.38. The third kappa shape index (κ3) is 3.99. The van der Waals surface area contributed by atoms with Gasteiger partial charge in [-0.2, -0.15) is 0 Å². The molecular weight excluding hydrogens is 421 g/mol. The van der Waals surface area contributed by atoms with Crippen molar-refractivity contribution in [3.05, 3.63) is 33.9 Å². The number of amides is 1. The maximum atomic E-state index is 13.4. The number of aromatic nitrogens is 1. The number of likely N-dealkylation sites (tertiary alicyclic amines) is 1. The summed E-state index contributed by atoms with van der Waals surface area (Å²) in [6.07, 6.45) is 2.17. The van der Waals surface area contributed by atoms with Crippen molar-refractivity contribution >= 4 is 32.7 Å². The zero-order valence-corrected chi connectivity index (χ0v) is 18.3. The highest BCUT2D eigenvalue weighted by Gasteiger charge is 2.34. The van der Waals surface area contributed by atoms with Crippen molar-refractivity contribution in [2.75, 3.05) is 26.2 Å². The lowest BCUT2D eigenvalue weighted by Gasteiger charge is -2.37. The van der Waals surface area contributed by atoms with Gasteiger partial charge in [0.1, 0.15) is 6.17 Å². The van der Waals surface area contributed by atoms with Gasteiger partial charge >= 0.3 is 0 Å². The third-order valence-electron chi connectivity index (χ3n) is 6.09. The van der Waals surface area contributed by atoms with Crippen LogP contribution in [0.5, 0.6) is 0 Å². The molecule has 1 N–H and O–H groups in total. The van der Waals surface area contributed by atoms with Crippen LogP contribution in [0.4, 0.5) is 4.39 Å². The van der Waals surface area contributed by atoms with E-state index in [1.54, 1.807) is 0 Å². The Morgan fingerprint density at radius 3 is 2.89 bits per heavy atom. The molecule has 2 aromatic rings. The number of hydrogen-bond acceptors (Lipinski definition) is 2. The summed E-state index contributed by atoms with van der Waals surface area (Å²) in [6, 6.07) is 6.43. The zero-order valence-electron chi connectivity index (χ0n) is 16.7. The van der Waals surface area contributed by atoms with Crippen molar-refractivity contribution in [1.82, 2.24) is 14.8 Å². The third-order valence-corrected chi connectivity index (χ3v) is 6.58. The van der Waals surface area contributed by atoms with E-state index in [0.717, 1.165) is 35.9 Å². The number of carbonyl (C=O) groups excluding carboxylic acids is 1. The largest absolute Gasteiger partial charge is 0.356 e. The first kappa shape index (κ1) is 19.9. The molecule has 0 radical (unpaired) electrons. The number of nitrogens with zero attached hydrogens (tertiary/aromatic N) is 2. The minimum atomic E-state index is -0.730. The zero-order chi connectivity index (χ0) is 19.8. The second kappa shape index (κ2) is 8.15. The number of H-pyrrole nitrogens is 1. The molecule has 1 aromatic carbocycles. The second-order valence-electron chi connectivity index (χ2n) is 8.63. The molecule has 1 amide bonds. The smallest absolute Gasteiger partial charge is 0.224 e. The summed E-state index contributed by atoms with van der Waals surface area (Å²) in [5, 5.41) is 1.26. The van der Waals surface area contributed by atoms with E-state index in [2.05, 4.69) is 62.8 Å². The Morgan fingerprint density at radius 1 is 1.36 bits per heavy atom. The van der Waals surface area contributed by atoms with Gasteiger partial charge in [0.25, 0.3) is 0 Å². The predicted octanol–water partition coefficient (Wildman–Crippen LogP) is 4.84. The molecule has 4 rings (SSSR count). The van der Waals surface area contributed by atoms with Crippen molar-refractivity contribution < 1.29 is 9.18 Å². The number of benzene rings is 1. The molecular formula is C22H29BrFN3O. The summed E-state index contributed by atoms with van der Waals surface area (Å²) in [6.45, 7) is 7.09. The van der Waals surface area contributed by atoms with Crippen LogP contribution in [0.15, 0.2) is 22.7 Å². The van der Waals surface area contributed by atoms with E-state index >= 15 is 0 Å². The molecule has 2 aliphatic heterocycles. The quantitative estimate of drug-likeness (QED) is 0.709. The van der Waals surface area contributed by atoms with Gasteiger partial charge in [0.05, 0.1) is 6.04 Å². The van der Waals surface area contributed by atoms with Crippen LogP contribution in [0, 0.1) is 5.92 Å². The van der Waals surface area contributed by atoms with E-state index in [9.17, 15) is 9.18 Å². The fourth-order valence-electron chi connectivity index (χ4n) is 4.71. The second-order valence-corrected chi connectivity index (χ2v) is 9.54. The number of alkyl halides is 1. The Balaban J connectivity index is 1.56. The SMILES string of the molecule is CC(C)C[C@H]1c2[nH]c3ccc(Br)cc3c2CCN1C(=O)CCN1CC[C@H](F)C1. The van der Waals surface area contributed by atoms with Crippen molar-refractivity contribution in [3.63, 3.8) is 0 Å². The number of rotatable bonds is 5. The maximum absolute atomic E-state index is 13.4. The lowest BCUT2D eigenvalue weighted by molar-refractivity contribution is -0.134. The van der Waals surface area contributed by atoms with Crippen molar-refractivity contribution in [2.24, 2.45) is 5.92 Å². The molecule has 0 bridgehead atoms. The van der Waals surface area contributed by atoms with Gasteiger partial charge < -0.3 is 9.88 Å². The monoisotopic (exact) mass is 449 g/mol. The van der Waals surface area contributed by atoms with Gasteiger partial charge in [-0.05, 0) is 48.9 Å². The average molecular weight is 450 g/mol. The molecule has 6 heteroatoms. The van der Waals surface area contributed by atoms with Crippen LogP contribution in [-0.4, -0.2) is 53.0 Å². The lowest BCUT2D eigenvalue weighted by Crippen LogP contribution is -2.41. The van der Waals surface area contributed by atoms with Gasteiger partial charge in [-0.3, -0.25) is 9.69 Å². The molecule has 1 aromatic heterocycles. The molecule has 4 nitrogen and oxygen atoms in total. The van der Waals surface area contributed by atoms with Crippen LogP contribution in [0.2, 0.25) is 0 Å². The molecule has 2 aliphatic rings. The summed E-state index contributed by atoms with van der Waals surface area (Å²) >= 11 is 3.58. The van der Waals surface area contributed by atoms with Crippen LogP contribution in [-0.2, 0) is 11.2 Å². The van der Waals surface area contributed by atoms with Gasteiger partial charge in [-0.1, -0.05) is 29.8 Å². The van der Waals surface area contributed by atoms with E-state index in [-0.39, 0.29) is 11.9 Å². The molecule has 2 atom stereocenters. The number of carbonyl (C=O) groups is 1. The Kier molecular flexibility index (Phi) is 5.79. The lowest BCUT2D eigenvalue weighted by atomic mass is 9.91. The Bertz CT molecular complexity index is 865. The van der Waals surface area contributed by atoms with Crippen molar-refractivity contribution in [2.45, 2.75) is 51.7 Å². The first-order valence-electron chi connectivity index (χ1n) is 10.4. The van der Waals surface area contributed by atoms with Gasteiger partial charge in [-0.15, -0.1) is 0 Å². The van der Waals surface area contributed by atoms with Crippen molar-refractivity contribution in [1.29, 1.82) is 0 Å². The van der Waals surface area contributed by atoms with Crippen LogP contribution in [0.3, 0.4) is 0 Å². The van der Waals surface area contributed by atoms with Crippen LogP contribution < -0.4 is 0 Å². The van der Waals surface area contributed by atoms with Crippen LogP contribution in [0.1, 0.15) is 50.4 Å². The van der Waals surface area contributed by atoms with E-state index in [4.69, 9.17) is 0 Å². The van der Waals surface area contributed by atoms with E-state index in [1.165, 1.54) is 16.6 Å². The summed E-state index contributed by atoms with van der Waals surface area (Å²) in [7, 11) is 0. The first-order chi connectivity index (χ1) is 13.4. The van der Waals surface area contributed by atoms with Gasteiger partial charge in [0.2, 0.25) is 5.91 Å². The standard InChI is InChI=1S/C22H29BrFN3O/c1-14(2)11-20-22-17(18-12-15(23)3-4-19(18)25-22)6-10-27(20)21(28)7-9-26-8-5-16(24)13-26/h3-4,12,14,16,20,25H,5-11,13H2,1-2H3/t16-,20-/m0/s1. The van der Waals surface area contributed by atoms with Crippen LogP contribution >= 0.6 is 15.9 Å². The fourth-order valence-corrected chi connectivity index (χ4v) is 5.08. The van der Waals surface area contributed by atoms with Crippen molar-refractivity contribution in [3.8, 4) is 0 Å². The van der Waals surface area contributed by atoms with E-state index < -0.39 is 6.17 Å². The summed E-state index contributed by atoms with van der Waals surface area (Å²) in [5.41, 5.74) is 3.69. The number of halogens is 2.